The van der Waals surface area contributed by atoms with Gasteiger partial charge in [-0.3, -0.25) is 9.69 Å². The third kappa shape index (κ3) is 4.89. The van der Waals surface area contributed by atoms with Crippen molar-refractivity contribution in [1.82, 2.24) is 30.1 Å². The van der Waals surface area contributed by atoms with Crippen LogP contribution in [-0.2, 0) is 13.1 Å². The molecule has 0 unspecified atom stereocenters. The molecule has 1 N–H and O–H groups in total. The van der Waals surface area contributed by atoms with Gasteiger partial charge in [-0.15, -0.1) is 5.10 Å². The van der Waals surface area contributed by atoms with Gasteiger partial charge in [-0.2, -0.15) is 0 Å². The molecule has 38 heavy (non-hydrogen) atoms. The van der Waals surface area contributed by atoms with Crippen LogP contribution in [0.4, 0.5) is 0 Å². The first-order chi connectivity index (χ1) is 18.6. The lowest BCUT2D eigenvalue weighted by molar-refractivity contribution is 0.176. The van der Waals surface area contributed by atoms with E-state index in [4.69, 9.17) is 16.0 Å². The molecule has 0 aliphatic heterocycles. The van der Waals surface area contributed by atoms with Crippen molar-refractivity contribution in [2.45, 2.75) is 57.8 Å². The summed E-state index contributed by atoms with van der Waals surface area (Å²) in [7, 11) is 0. The highest BCUT2D eigenvalue weighted by Crippen LogP contribution is 2.35. The van der Waals surface area contributed by atoms with Gasteiger partial charge in [0.1, 0.15) is 11.8 Å². The fraction of sp³-hybridized carbons (Fsp3) is 0.310. The second kappa shape index (κ2) is 10.6. The number of benzene rings is 2. The Morgan fingerprint density at radius 1 is 1.11 bits per heavy atom. The Morgan fingerprint density at radius 2 is 1.92 bits per heavy atom. The number of aryl methyl sites for hydroxylation is 1. The third-order valence-corrected chi connectivity index (χ3v) is 7.70. The maximum absolute atomic E-state index is 13.8. The van der Waals surface area contributed by atoms with Gasteiger partial charge in [0.2, 0.25) is 0 Å². The number of H-pyrrole nitrogens is 1. The second-order valence-corrected chi connectivity index (χ2v) is 10.5. The van der Waals surface area contributed by atoms with Crippen LogP contribution in [0.15, 0.2) is 76.1 Å². The fourth-order valence-corrected chi connectivity index (χ4v) is 5.68. The van der Waals surface area contributed by atoms with E-state index in [9.17, 15) is 4.79 Å². The SMILES string of the molecule is Cc1cccc2cc([C@@H](c3nnnn3C3CCCC3)N(Cc3ccc(Cl)cc3)Cc3ccco3)c(=O)[nH]c12. The molecule has 3 aromatic heterocycles. The van der Waals surface area contributed by atoms with Gasteiger partial charge < -0.3 is 9.40 Å². The number of hydrogen-bond acceptors (Lipinski definition) is 6. The van der Waals surface area contributed by atoms with E-state index in [1.165, 1.54) is 0 Å². The largest absolute Gasteiger partial charge is 0.468 e. The molecule has 1 aliphatic rings. The van der Waals surface area contributed by atoms with E-state index in [2.05, 4.69) is 25.4 Å². The number of rotatable bonds is 8. The predicted octanol–water partition coefficient (Wildman–Crippen LogP) is 5.98. The van der Waals surface area contributed by atoms with Crippen molar-refractivity contribution in [3.05, 3.63) is 111 Å². The summed E-state index contributed by atoms with van der Waals surface area (Å²) < 4.78 is 7.70. The van der Waals surface area contributed by atoms with Crippen molar-refractivity contribution in [3.63, 3.8) is 0 Å². The Kier molecular flexibility index (Phi) is 6.82. The third-order valence-electron chi connectivity index (χ3n) is 7.45. The highest BCUT2D eigenvalue weighted by molar-refractivity contribution is 6.30. The molecule has 1 fully saturated rings. The van der Waals surface area contributed by atoms with Crippen molar-refractivity contribution >= 4 is 22.5 Å². The Hall–Kier alpha value is -3.75. The van der Waals surface area contributed by atoms with E-state index in [0.29, 0.717) is 29.5 Å². The lowest BCUT2D eigenvalue weighted by Crippen LogP contribution is -2.35. The van der Waals surface area contributed by atoms with E-state index >= 15 is 0 Å². The number of fused-ring (bicyclic) bond motifs is 1. The Balaban J connectivity index is 1.53. The van der Waals surface area contributed by atoms with Gasteiger partial charge in [0, 0.05) is 17.1 Å². The molecule has 3 heterocycles. The van der Waals surface area contributed by atoms with Crippen molar-refractivity contribution in [2.75, 3.05) is 0 Å². The minimum Gasteiger partial charge on any atom is -0.468 e. The fourth-order valence-electron chi connectivity index (χ4n) is 5.56. The normalized spacial score (nSPS) is 15.0. The van der Waals surface area contributed by atoms with Gasteiger partial charge in [-0.05, 0) is 77.0 Å². The van der Waals surface area contributed by atoms with Crippen LogP contribution in [0.25, 0.3) is 10.9 Å². The van der Waals surface area contributed by atoms with E-state index < -0.39 is 6.04 Å². The van der Waals surface area contributed by atoms with Crippen LogP contribution in [-0.4, -0.2) is 30.1 Å². The smallest absolute Gasteiger partial charge is 0.253 e. The number of aromatic nitrogens is 5. The molecule has 5 aromatic rings. The first-order valence-electron chi connectivity index (χ1n) is 13.0. The van der Waals surface area contributed by atoms with Crippen LogP contribution in [0.1, 0.15) is 66.0 Å². The summed E-state index contributed by atoms with van der Waals surface area (Å²) in [5.41, 5.74) is 3.35. The number of nitrogens with one attached hydrogen (secondary N) is 1. The van der Waals surface area contributed by atoms with Crippen molar-refractivity contribution < 1.29 is 4.42 Å². The molecule has 1 aliphatic carbocycles. The molecular formula is C29H29ClN6O2. The van der Waals surface area contributed by atoms with Crippen LogP contribution in [0.5, 0.6) is 0 Å². The Bertz CT molecular complexity index is 1590. The maximum Gasteiger partial charge on any atom is 0.253 e. The van der Waals surface area contributed by atoms with Crippen LogP contribution < -0.4 is 5.56 Å². The molecule has 0 bridgehead atoms. The van der Waals surface area contributed by atoms with E-state index in [-0.39, 0.29) is 11.6 Å². The number of furan rings is 1. The molecule has 6 rings (SSSR count). The van der Waals surface area contributed by atoms with Crippen LogP contribution >= 0.6 is 11.6 Å². The first-order valence-corrected chi connectivity index (χ1v) is 13.4. The topological polar surface area (TPSA) is 92.8 Å². The molecule has 2 aromatic carbocycles. The maximum atomic E-state index is 13.8. The van der Waals surface area contributed by atoms with E-state index in [1.807, 2.05) is 72.3 Å². The molecule has 1 saturated carbocycles. The summed E-state index contributed by atoms with van der Waals surface area (Å²) in [4.78, 5) is 19.1. The zero-order valence-corrected chi connectivity index (χ0v) is 21.9. The van der Waals surface area contributed by atoms with E-state index in [0.717, 1.165) is 53.5 Å². The molecule has 9 heteroatoms. The number of para-hydroxylation sites is 1. The van der Waals surface area contributed by atoms with Crippen LogP contribution in [0, 0.1) is 6.92 Å². The summed E-state index contributed by atoms with van der Waals surface area (Å²) in [5.74, 6) is 1.45. The molecule has 1 atom stereocenters. The van der Waals surface area contributed by atoms with Crippen molar-refractivity contribution in [2.24, 2.45) is 0 Å². The summed E-state index contributed by atoms with van der Waals surface area (Å²) in [6.45, 7) is 2.99. The first kappa shape index (κ1) is 24.6. The Morgan fingerprint density at radius 3 is 2.68 bits per heavy atom. The monoisotopic (exact) mass is 528 g/mol. The molecule has 0 spiro atoms. The van der Waals surface area contributed by atoms with Gasteiger partial charge in [0.15, 0.2) is 5.82 Å². The molecule has 194 valence electrons. The number of tetrazole rings is 1. The minimum absolute atomic E-state index is 0.154. The average Bonchev–Trinajstić information content (AvgIpc) is 3.70. The molecule has 0 radical (unpaired) electrons. The predicted molar refractivity (Wildman–Crippen MR) is 146 cm³/mol. The number of aromatic amines is 1. The summed E-state index contributed by atoms with van der Waals surface area (Å²) in [6, 6.07) is 19.3. The summed E-state index contributed by atoms with van der Waals surface area (Å²) in [5, 5.41) is 14.7. The zero-order valence-electron chi connectivity index (χ0n) is 21.2. The number of hydrogen-bond donors (Lipinski definition) is 1. The molecule has 0 amide bonds. The average molecular weight is 529 g/mol. The van der Waals surface area contributed by atoms with Crippen LogP contribution in [0.3, 0.4) is 0 Å². The zero-order chi connectivity index (χ0) is 26.1. The van der Waals surface area contributed by atoms with Gasteiger partial charge in [-0.25, -0.2) is 4.68 Å². The van der Waals surface area contributed by atoms with Gasteiger partial charge >= 0.3 is 0 Å². The van der Waals surface area contributed by atoms with E-state index in [1.54, 1.807) is 6.26 Å². The summed E-state index contributed by atoms with van der Waals surface area (Å²) >= 11 is 6.18. The molecular weight excluding hydrogens is 500 g/mol. The van der Waals surface area contributed by atoms with Crippen LogP contribution in [0.2, 0.25) is 5.02 Å². The second-order valence-electron chi connectivity index (χ2n) is 10.0. The van der Waals surface area contributed by atoms with Gasteiger partial charge in [-0.1, -0.05) is 54.8 Å². The quantitative estimate of drug-likeness (QED) is 0.266. The minimum atomic E-state index is -0.514. The highest BCUT2D eigenvalue weighted by atomic mass is 35.5. The summed E-state index contributed by atoms with van der Waals surface area (Å²) in [6.07, 6.45) is 6.00. The van der Waals surface area contributed by atoms with Crippen molar-refractivity contribution in [1.29, 1.82) is 0 Å². The lowest BCUT2D eigenvalue weighted by Gasteiger charge is -2.31. The van der Waals surface area contributed by atoms with Gasteiger partial charge in [0.05, 0.1) is 24.4 Å². The standard InChI is InChI=1S/C29H29ClN6O2/c1-19-6-4-7-21-16-25(29(37)31-26(19)21)27(28-32-33-34-36(28)23-8-2-3-9-23)35(18-24-10-5-15-38-24)17-20-11-13-22(30)14-12-20/h4-7,10-16,23,27H,2-3,8-9,17-18H2,1H3,(H,31,37)/t27-/m0/s1. The number of halogens is 1. The number of pyridine rings is 1. The Labute approximate surface area is 225 Å². The molecule has 8 nitrogen and oxygen atoms in total. The van der Waals surface area contributed by atoms with Gasteiger partial charge in [0.25, 0.3) is 5.56 Å². The lowest BCUT2D eigenvalue weighted by atomic mass is 10.0. The highest BCUT2D eigenvalue weighted by Gasteiger charge is 2.34. The number of nitrogens with zero attached hydrogens (tertiary/aromatic N) is 5. The van der Waals surface area contributed by atoms with Crippen molar-refractivity contribution in [3.8, 4) is 0 Å². The molecule has 0 saturated heterocycles.